The highest BCUT2D eigenvalue weighted by Crippen LogP contribution is 2.29. The zero-order valence-electron chi connectivity index (χ0n) is 9.97. The Kier molecular flexibility index (Phi) is 3.78. The normalized spacial score (nSPS) is 12.1. The third kappa shape index (κ3) is 2.86. The summed E-state index contributed by atoms with van der Waals surface area (Å²) in [5.41, 5.74) is 7.12. The highest BCUT2D eigenvalue weighted by molar-refractivity contribution is 5.39. The van der Waals surface area contributed by atoms with Gasteiger partial charge >= 0.3 is 0 Å². The lowest BCUT2D eigenvalue weighted by atomic mass is 10.0. The van der Waals surface area contributed by atoms with Crippen LogP contribution in [-0.2, 0) is 0 Å². The number of rotatable bonds is 4. The maximum absolute atomic E-state index is 6.07. The summed E-state index contributed by atoms with van der Waals surface area (Å²) in [5, 5.41) is 0. The third-order valence-electron chi connectivity index (χ3n) is 2.73. The predicted molar refractivity (Wildman–Crippen MR) is 70.2 cm³/mol. The Morgan fingerprint density at radius 1 is 1.00 bits per heavy atom. The molecule has 0 saturated carbocycles. The monoisotopic (exact) mass is 227 g/mol. The third-order valence-corrected chi connectivity index (χ3v) is 2.73. The second-order valence-corrected chi connectivity index (χ2v) is 3.97. The molecular weight excluding hydrogens is 210 g/mol. The van der Waals surface area contributed by atoms with Crippen molar-refractivity contribution in [3.63, 3.8) is 0 Å². The first-order chi connectivity index (χ1) is 8.31. The van der Waals surface area contributed by atoms with Gasteiger partial charge < -0.3 is 10.5 Å². The molecule has 2 nitrogen and oxygen atoms in total. The standard InChI is InChI=1S/C15H17NO/c1-2-14(16)13-10-6-7-11-15(13)17-12-8-4-3-5-9-12/h3-11,14H,2,16H2,1H3. The molecule has 2 N–H and O–H groups in total. The molecule has 0 heterocycles. The zero-order chi connectivity index (χ0) is 12.1. The number of hydrogen-bond donors (Lipinski definition) is 1. The van der Waals surface area contributed by atoms with Gasteiger partial charge in [-0.2, -0.15) is 0 Å². The van der Waals surface area contributed by atoms with Gasteiger partial charge in [-0.25, -0.2) is 0 Å². The van der Waals surface area contributed by atoms with Gasteiger partial charge in [0.25, 0.3) is 0 Å². The maximum Gasteiger partial charge on any atom is 0.132 e. The van der Waals surface area contributed by atoms with Gasteiger partial charge in [-0.3, -0.25) is 0 Å². The summed E-state index contributed by atoms with van der Waals surface area (Å²) in [6, 6.07) is 17.7. The van der Waals surface area contributed by atoms with Crippen LogP contribution in [0.5, 0.6) is 11.5 Å². The van der Waals surface area contributed by atoms with E-state index in [4.69, 9.17) is 10.5 Å². The molecular formula is C15H17NO. The van der Waals surface area contributed by atoms with Crippen LogP contribution in [0.4, 0.5) is 0 Å². The van der Waals surface area contributed by atoms with Crippen LogP contribution >= 0.6 is 0 Å². The van der Waals surface area contributed by atoms with Crippen molar-refractivity contribution in [3.05, 3.63) is 60.2 Å². The number of hydrogen-bond acceptors (Lipinski definition) is 2. The van der Waals surface area contributed by atoms with E-state index in [9.17, 15) is 0 Å². The topological polar surface area (TPSA) is 35.2 Å². The van der Waals surface area contributed by atoms with E-state index in [0.717, 1.165) is 23.5 Å². The van der Waals surface area contributed by atoms with Crippen LogP contribution in [0.2, 0.25) is 0 Å². The van der Waals surface area contributed by atoms with Crippen molar-refractivity contribution >= 4 is 0 Å². The highest BCUT2D eigenvalue weighted by atomic mass is 16.5. The molecule has 0 aliphatic carbocycles. The molecule has 1 atom stereocenters. The Hall–Kier alpha value is -1.80. The van der Waals surface area contributed by atoms with Crippen LogP contribution in [0.25, 0.3) is 0 Å². The molecule has 0 radical (unpaired) electrons. The summed E-state index contributed by atoms with van der Waals surface area (Å²) in [6.07, 6.45) is 0.898. The van der Waals surface area contributed by atoms with E-state index < -0.39 is 0 Å². The first-order valence-electron chi connectivity index (χ1n) is 5.88. The van der Waals surface area contributed by atoms with Crippen molar-refractivity contribution in [2.75, 3.05) is 0 Å². The second kappa shape index (κ2) is 5.51. The Morgan fingerprint density at radius 2 is 1.65 bits per heavy atom. The molecule has 0 saturated heterocycles. The fourth-order valence-corrected chi connectivity index (χ4v) is 1.72. The molecule has 17 heavy (non-hydrogen) atoms. The van der Waals surface area contributed by atoms with Crippen LogP contribution in [-0.4, -0.2) is 0 Å². The van der Waals surface area contributed by atoms with E-state index in [1.54, 1.807) is 0 Å². The van der Waals surface area contributed by atoms with E-state index in [1.807, 2.05) is 54.6 Å². The molecule has 2 aromatic carbocycles. The predicted octanol–water partition coefficient (Wildman–Crippen LogP) is 3.89. The Balaban J connectivity index is 2.27. The minimum atomic E-state index is 0.0231. The van der Waals surface area contributed by atoms with Gasteiger partial charge in [0.1, 0.15) is 11.5 Å². The summed E-state index contributed by atoms with van der Waals surface area (Å²) in [5.74, 6) is 1.68. The molecule has 0 aromatic heterocycles. The van der Waals surface area contributed by atoms with Crippen molar-refractivity contribution in [3.8, 4) is 11.5 Å². The summed E-state index contributed by atoms with van der Waals surface area (Å²) >= 11 is 0. The summed E-state index contributed by atoms with van der Waals surface area (Å²) in [4.78, 5) is 0. The quantitative estimate of drug-likeness (QED) is 0.860. The van der Waals surface area contributed by atoms with Crippen molar-refractivity contribution in [2.24, 2.45) is 5.73 Å². The maximum atomic E-state index is 6.07. The largest absolute Gasteiger partial charge is 0.457 e. The van der Waals surface area contributed by atoms with Crippen molar-refractivity contribution in [1.82, 2.24) is 0 Å². The van der Waals surface area contributed by atoms with Crippen molar-refractivity contribution in [1.29, 1.82) is 0 Å². The Labute approximate surface area is 102 Å². The first-order valence-corrected chi connectivity index (χ1v) is 5.88. The average Bonchev–Trinajstić information content (AvgIpc) is 2.40. The van der Waals surface area contributed by atoms with Gasteiger partial charge in [0.15, 0.2) is 0 Å². The highest BCUT2D eigenvalue weighted by Gasteiger charge is 2.10. The van der Waals surface area contributed by atoms with E-state index in [0.29, 0.717) is 0 Å². The van der Waals surface area contributed by atoms with Gasteiger partial charge in [0.2, 0.25) is 0 Å². The van der Waals surface area contributed by atoms with Crippen LogP contribution in [0.15, 0.2) is 54.6 Å². The molecule has 0 spiro atoms. The molecule has 0 aliphatic rings. The lowest BCUT2D eigenvalue weighted by Gasteiger charge is -2.15. The zero-order valence-corrected chi connectivity index (χ0v) is 9.97. The Morgan fingerprint density at radius 3 is 2.35 bits per heavy atom. The SMILES string of the molecule is CCC(N)c1ccccc1Oc1ccccc1. The molecule has 0 aliphatic heterocycles. The Bertz CT molecular complexity index is 467. The molecule has 2 heteroatoms. The molecule has 88 valence electrons. The molecule has 2 rings (SSSR count). The second-order valence-electron chi connectivity index (χ2n) is 3.97. The fraction of sp³-hybridized carbons (Fsp3) is 0.200. The average molecular weight is 227 g/mol. The van der Waals surface area contributed by atoms with Crippen molar-refractivity contribution < 1.29 is 4.74 Å². The van der Waals surface area contributed by atoms with E-state index >= 15 is 0 Å². The summed E-state index contributed by atoms with van der Waals surface area (Å²) in [7, 11) is 0. The van der Waals surface area contributed by atoms with Gasteiger partial charge in [-0.1, -0.05) is 43.3 Å². The molecule has 0 fully saturated rings. The molecule has 0 bridgehead atoms. The minimum absolute atomic E-state index is 0.0231. The van der Waals surface area contributed by atoms with Gasteiger partial charge in [-0.05, 0) is 24.6 Å². The smallest absolute Gasteiger partial charge is 0.132 e. The lowest BCUT2D eigenvalue weighted by Crippen LogP contribution is -2.09. The van der Waals surface area contributed by atoms with Gasteiger partial charge in [-0.15, -0.1) is 0 Å². The van der Waals surface area contributed by atoms with Gasteiger partial charge in [0, 0.05) is 11.6 Å². The van der Waals surface area contributed by atoms with Gasteiger partial charge in [0.05, 0.1) is 0 Å². The summed E-state index contributed by atoms with van der Waals surface area (Å²) < 4.78 is 5.85. The number of nitrogens with two attached hydrogens (primary N) is 1. The number of ether oxygens (including phenoxy) is 1. The lowest BCUT2D eigenvalue weighted by molar-refractivity contribution is 0.468. The summed E-state index contributed by atoms with van der Waals surface area (Å²) in [6.45, 7) is 2.07. The number of benzene rings is 2. The molecule has 0 amide bonds. The van der Waals surface area contributed by atoms with E-state index in [2.05, 4.69) is 6.92 Å². The fourth-order valence-electron chi connectivity index (χ4n) is 1.72. The van der Waals surface area contributed by atoms with Crippen molar-refractivity contribution in [2.45, 2.75) is 19.4 Å². The van der Waals surface area contributed by atoms with E-state index in [-0.39, 0.29) is 6.04 Å². The molecule has 2 aromatic rings. The van der Waals surface area contributed by atoms with Crippen LogP contribution < -0.4 is 10.5 Å². The first kappa shape index (κ1) is 11.7. The van der Waals surface area contributed by atoms with Crippen LogP contribution in [0, 0.1) is 0 Å². The van der Waals surface area contributed by atoms with Crippen LogP contribution in [0.3, 0.4) is 0 Å². The molecule has 1 unspecified atom stereocenters. The van der Waals surface area contributed by atoms with E-state index in [1.165, 1.54) is 0 Å². The van der Waals surface area contributed by atoms with Crippen LogP contribution in [0.1, 0.15) is 24.9 Å². The number of para-hydroxylation sites is 2. The minimum Gasteiger partial charge on any atom is -0.457 e.